The molecule has 2 saturated carbocycles. The summed E-state index contributed by atoms with van der Waals surface area (Å²) >= 11 is 0. The molecule has 7 nitrogen and oxygen atoms in total. The number of benzene rings is 3. The maximum absolute atomic E-state index is 7.34. The number of aryl methyl sites for hydroxylation is 1. The van der Waals surface area contributed by atoms with E-state index in [1.807, 2.05) is 0 Å². The van der Waals surface area contributed by atoms with E-state index in [4.69, 9.17) is 20.1 Å². The summed E-state index contributed by atoms with van der Waals surface area (Å²) in [6.07, 6.45) is 40.9. The van der Waals surface area contributed by atoms with Crippen LogP contribution in [-0.2, 0) is 11.8 Å². The van der Waals surface area contributed by atoms with Crippen molar-refractivity contribution < 1.29 is 4.42 Å². The molecule has 9 aliphatic rings. The highest BCUT2D eigenvalue weighted by molar-refractivity contribution is 6.10. The summed E-state index contributed by atoms with van der Waals surface area (Å²) in [5, 5.41) is 5.57. The third-order valence-corrected chi connectivity index (χ3v) is 18.6. The van der Waals surface area contributed by atoms with E-state index >= 15 is 0 Å². The number of nitrogens with one attached hydrogen (secondary N) is 1. The third-order valence-electron chi connectivity index (χ3n) is 18.6. The van der Waals surface area contributed by atoms with Gasteiger partial charge in [0, 0.05) is 64.6 Å². The number of hydrogen-bond donors (Lipinski definition) is 2. The van der Waals surface area contributed by atoms with Crippen LogP contribution >= 0.6 is 0 Å². The number of fused-ring (bicyclic) bond motifs is 7. The lowest BCUT2D eigenvalue weighted by molar-refractivity contribution is 0.190. The molecule has 0 saturated heterocycles. The largest absolute Gasteiger partial charge is 0.456 e. The normalized spacial score (nSPS) is 32.5. The van der Waals surface area contributed by atoms with Crippen LogP contribution in [0.15, 0.2) is 164 Å². The molecule has 0 bridgehead atoms. The van der Waals surface area contributed by atoms with Gasteiger partial charge in [0.05, 0.1) is 12.0 Å². The molecule has 10 atom stereocenters. The predicted molar refractivity (Wildman–Crippen MR) is 293 cm³/mol. The molecule has 0 amide bonds. The van der Waals surface area contributed by atoms with Gasteiger partial charge in [-0.05, 0) is 155 Å². The second-order valence-corrected chi connectivity index (χ2v) is 22.7. The van der Waals surface area contributed by atoms with Gasteiger partial charge < -0.3 is 25.3 Å². The van der Waals surface area contributed by atoms with Crippen LogP contribution in [-0.4, -0.2) is 48.3 Å². The van der Waals surface area contributed by atoms with Gasteiger partial charge >= 0.3 is 0 Å². The number of aliphatic imine (C=N–C) groups is 2. The molecule has 0 spiro atoms. The molecule has 10 unspecified atom stereocenters. The molecule has 364 valence electrons. The van der Waals surface area contributed by atoms with Crippen LogP contribution in [0.4, 0.5) is 5.69 Å². The number of rotatable bonds is 8. The average Bonchev–Trinajstić information content (AvgIpc) is 3.94. The summed E-state index contributed by atoms with van der Waals surface area (Å²) in [5.74, 6) is 5.35. The fourth-order valence-electron chi connectivity index (χ4n) is 15.2. The number of nitrogens with two attached hydrogens (primary N) is 1. The van der Waals surface area contributed by atoms with Gasteiger partial charge in [-0.2, -0.15) is 0 Å². The van der Waals surface area contributed by atoms with E-state index in [1.165, 1.54) is 83.1 Å². The topological polar surface area (TPSA) is 82.4 Å². The fourth-order valence-corrected chi connectivity index (χ4v) is 15.2. The summed E-state index contributed by atoms with van der Waals surface area (Å²) in [5.41, 5.74) is 20.3. The van der Waals surface area contributed by atoms with Gasteiger partial charge in [-0.25, -0.2) is 9.98 Å². The first-order chi connectivity index (χ1) is 34.9. The predicted octanol–water partition coefficient (Wildman–Crippen LogP) is 13.7. The second kappa shape index (κ2) is 18.7. The van der Waals surface area contributed by atoms with Crippen molar-refractivity contribution in [1.29, 1.82) is 0 Å². The van der Waals surface area contributed by atoms with Crippen LogP contribution in [0.25, 0.3) is 17.0 Å². The molecule has 4 heterocycles. The van der Waals surface area contributed by atoms with Crippen molar-refractivity contribution in [2.24, 2.45) is 39.4 Å². The Morgan fingerprint density at radius 3 is 2.39 bits per heavy atom. The van der Waals surface area contributed by atoms with Gasteiger partial charge in [0.1, 0.15) is 23.3 Å². The summed E-state index contributed by atoms with van der Waals surface area (Å²) in [6.45, 7) is 3.37. The number of hydrogen-bond acceptors (Lipinski definition) is 7. The van der Waals surface area contributed by atoms with Gasteiger partial charge in [0.15, 0.2) is 5.84 Å². The standard InChI is InChI=1S/C64H72N6O/c1-64-36-18-29-54(65)60(64)70(48-27-16-7-17-28-48)55-35-34-51-50-33-31-46(39-56(50)71-59(51)57(55)64)58-53(63-68-61(43-23-12-5-13-24-43)67-62(69(63)2)44-25-14-6-15-26-44)38-47(40-66-58)45-30-32-49(41-19-8-3-9-20-41)52(37-45)42-21-10-4-11-22-42/h3,6,8-10,12,14-16,19-21,23-28,34-35,38-39,42,45,49,52-54,58,60,62,66H,4-5,7,11,13,17-18,22,29-33,36-37,40,65H2,1-2H3. The third kappa shape index (κ3) is 7.92. The first-order valence-corrected chi connectivity index (χ1v) is 27.6. The van der Waals surface area contributed by atoms with Crippen molar-refractivity contribution >= 4 is 34.4 Å². The zero-order valence-electron chi connectivity index (χ0n) is 42.0. The van der Waals surface area contributed by atoms with E-state index in [1.54, 1.807) is 5.57 Å². The highest BCUT2D eigenvalue weighted by Crippen LogP contribution is 2.57. The van der Waals surface area contributed by atoms with Crippen LogP contribution in [0.5, 0.6) is 0 Å². The highest BCUT2D eigenvalue weighted by Gasteiger charge is 2.54. The molecule has 71 heavy (non-hydrogen) atoms. The van der Waals surface area contributed by atoms with Crippen molar-refractivity contribution in [3.05, 3.63) is 178 Å². The Morgan fingerprint density at radius 1 is 0.803 bits per heavy atom. The van der Waals surface area contributed by atoms with Crippen molar-refractivity contribution in [1.82, 2.24) is 10.2 Å². The molecule has 2 fully saturated rings. The molecule has 4 aromatic rings. The maximum Gasteiger partial charge on any atom is 0.158 e. The van der Waals surface area contributed by atoms with Crippen molar-refractivity contribution in [3.63, 3.8) is 0 Å². The van der Waals surface area contributed by atoms with Crippen LogP contribution in [0.3, 0.4) is 0 Å². The molecule has 3 N–H and O–H groups in total. The number of nitrogens with zero attached hydrogens (tertiary/aromatic N) is 4. The second-order valence-electron chi connectivity index (χ2n) is 22.7. The first kappa shape index (κ1) is 45.1. The number of furan rings is 1. The Hall–Kier alpha value is -5.76. The van der Waals surface area contributed by atoms with Gasteiger partial charge in [0.25, 0.3) is 0 Å². The van der Waals surface area contributed by atoms with Crippen LogP contribution in [0, 0.1) is 23.7 Å². The van der Waals surface area contributed by atoms with Gasteiger partial charge in [-0.1, -0.05) is 128 Å². The fraction of sp³-hybridized carbons (Fsp3) is 0.438. The molecule has 1 aromatic heterocycles. The highest BCUT2D eigenvalue weighted by atomic mass is 16.3. The van der Waals surface area contributed by atoms with E-state index < -0.39 is 0 Å². The number of anilines is 1. The van der Waals surface area contributed by atoms with Crippen LogP contribution in [0.1, 0.15) is 137 Å². The summed E-state index contributed by atoms with van der Waals surface area (Å²) in [7, 11) is 2.23. The monoisotopic (exact) mass is 941 g/mol. The lowest BCUT2D eigenvalue weighted by Crippen LogP contribution is -2.56. The van der Waals surface area contributed by atoms with Gasteiger partial charge in [-0.3, -0.25) is 0 Å². The molecule has 3 aliphatic heterocycles. The molecule has 7 heteroatoms. The van der Waals surface area contributed by atoms with Crippen LogP contribution < -0.4 is 16.0 Å². The van der Waals surface area contributed by atoms with E-state index in [2.05, 4.69) is 163 Å². The zero-order valence-corrected chi connectivity index (χ0v) is 42.0. The lowest BCUT2D eigenvalue weighted by Gasteiger charge is -2.45. The summed E-state index contributed by atoms with van der Waals surface area (Å²) in [4.78, 5) is 16.1. The zero-order chi connectivity index (χ0) is 47.6. The van der Waals surface area contributed by atoms with E-state index in [0.717, 1.165) is 92.9 Å². The molecule has 6 aliphatic carbocycles. The van der Waals surface area contributed by atoms with E-state index in [-0.39, 0.29) is 35.6 Å². The van der Waals surface area contributed by atoms with E-state index in [0.29, 0.717) is 23.7 Å². The molecule has 0 radical (unpaired) electrons. The Kier molecular flexibility index (Phi) is 11.9. The smallest absolute Gasteiger partial charge is 0.158 e. The van der Waals surface area contributed by atoms with Crippen molar-refractivity contribution in [2.45, 2.75) is 139 Å². The minimum atomic E-state index is -0.180. The van der Waals surface area contributed by atoms with Crippen molar-refractivity contribution in [2.75, 3.05) is 18.5 Å². The Balaban J connectivity index is 0.909. The summed E-state index contributed by atoms with van der Waals surface area (Å²) in [6, 6.07) is 27.4. The Labute approximate surface area is 421 Å². The molecule has 13 rings (SSSR count). The minimum Gasteiger partial charge on any atom is -0.456 e. The van der Waals surface area contributed by atoms with Crippen LogP contribution in [0.2, 0.25) is 0 Å². The SMILES string of the molecule is CN1C(C2C=C(C3CCC(c4ccccc4)C(C4C=CCCC4)C3)CNC2C2=Cc3oc4c5c(ccc4c3CC2)N(C2=CCCC=C2)C2C(N)CCCC52C)=NC(C2=CCCC=C2)=NC1c1ccccc1. The first-order valence-electron chi connectivity index (χ1n) is 27.6. The van der Waals surface area contributed by atoms with E-state index in [9.17, 15) is 0 Å². The average molecular weight is 941 g/mol. The Bertz CT molecular complexity index is 2980. The van der Waals surface area contributed by atoms with Gasteiger partial charge in [-0.15, -0.1) is 0 Å². The number of allylic oxidation sites excluding steroid dienone is 7. The Morgan fingerprint density at radius 2 is 1.62 bits per heavy atom. The quantitative estimate of drug-likeness (QED) is 0.172. The lowest BCUT2D eigenvalue weighted by atomic mass is 9.63. The van der Waals surface area contributed by atoms with Crippen molar-refractivity contribution in [3.8, 4) is 0 Å². The summed E-state index contributed by atoms with van der Waals surface area (Å²) < 4.78 is 7.34. The maximum atomic E-state index is 7.34. The molecular formula is C64H72N6O. The molecule has 3 aromatic carbocycles. The van der Waals surface area contributed by atoms with Gasteiger partial charge in [0.2, 0.25) is 0 Å². The number of amidine groups is 2. The molecular weight excluding hydrogens is 869 g/mol. The minimum absolute atomic E-state index is 0.00343.